The van der Waals surface area contributed by atoms with E-state index in [-0.39, 0.29) is 12.0 Å². The fraction of sp³-hybridized carbons (Fsp3) is 0.368. The van der Waals surface area contributed by atoms with Crippen molar-refractivity contribution in [1.29, 1.82) is 0 Å². The van der Waals surface area contributed by atoms with Gasteiger partial charge in [0.1, 0.15) is 0 Å². The summed E-state index contributed by atoms with van der Waals surface area (Å²) in [5, 5.41) is 8.10. The van der Waals surface area contributed by atoms with Crippen molar-refractivity contribution in [2.75, 3.05) is 33.8 Å². The summed E-state index contributed by atoms with van der Waals surface area (Å²) in [6.07, 6.45) is 0.322. The highest BCUT2D eigenvalue weighted by atomic mass is 16.6. The van der Waals surface area contributed by atoms with Gasteiger partial charge in [-0.2, -0.15) is 0 Å². The van der Waals surface area contributed by atoms with Crippen molar-refractivity contribution in [2.45, 2.75) is 12.0 Å². The van der Waals surface area contributed by atoms with Crippen molar-refractivity contribution >= 4 is 12.0 Å². The van der Waals surface area contributed by atoms with E-state index in [2.05, 4.69) is 10.2 Å². The van der Waals surface area contributed by atoms with Crippen LogP contribution in [0, 0.1) is 0 Å². The Morgan fingerprint density at radius 2 is 2.07 bits per heavy atom. The molecule has 2 saturated heterocycles. The highest BCUT2D eigenvalue weighted by molar-refractivity contribution is 5.95. The Kier molecular flexibility index (Phi) is 4.18. The lowest BCUT2D eigenvalue weighted by atomic mass is 10.0. The number of benzene rings is 1. The van der Waals surface area contributed by atoms with Crippen molar-refractivity contribution in [3.8, 4) is 17.1 Å². The van der Waals surface area contributed by atoms with E-state index in [1.165, 1.54) is 7.11 Å². The molecule has 1 atom stereocenters. The van der Waals surface area contributed by atoms with Crippen molar-refractivity contribution in [1.82, 2.24) is 20.0 Å². The van der Waals surface area contributed by atoms with Crippen molar-refractivity contribution in [3.63, 3.8) is 0 Å². The first-order valence-corrected chi connectivity index (χ1v) is 8.71. The predicted molar refractivity (Wildman–Crippen MR) is 96.4 cm³/mol. The maximum absolute atomic E-state index is 12.9. The Morgan fingerprint density at radius 1 is 1.22 bits per heavy atom. The highest BCUT2D eigenvalue weighted by Crippen LogP contribution is 2.32. The molecule has 3 heterocycles. The van der Waals surface area contributed by atoms with Gasteiger partial charge in [0, 0.05) is 37.2 Å². The molecule has 0 radical (unpaired) electrons. The standard InChI is InChI=1S/C19H20N4O4/c1-22-11-19(27-18(22)25)8-9-23(12-19)17(24)14-5-3-4-13(10-14)15-6-7-16(26-2)21-20-15/h3-7,10H,8-9,11-12H2,1-2H3. The van der Waals surface area contributed by atoms with E-state index >= 15 is 0 Å². The zero-order valence-electron chi connectivity index (χ0n) is 15.2. The van der Waals surface area contributed by atoms with Crippen LogP contribution in [0.25, 0.3) is 11.3 Å². The molecule has 0 N–H and O–H groups in total. The summed E-state index contributed by atoms with van der Waals surface area (Å²) in [5.41, 5.74) is 1.45. The van der Waals surface area contributed by atoms with Gasteiger partial charge < -0.3 is 19.3 Å². The van der Waals surface area contributed by atoms with Gasteiger partial charge in [0.2, 0.25) is 5.88 Å². The number of likely N-dealkylation sites (N-methyl/N-ethyl adjacent to an activating group) is 1. The topological polar surface area (TPSA) is 84.9 Å². The van der Waals surface area contributed by atoms with Crippen LogP contribution in [0.4, 0.5) is 4.79 Å². The molecule has 2 fully saturated rings. The second-order valence-corrected chi connectivity index (χ2v) is 6.93. The van der Waals surface area contributed by atoms with Crippen molar-refractivity contribution in [2.24, 2.45) is 0 Å². The van der Waals surface area contributed by atoms with Crippen LogP contribution >= 0.6 is 0 Å². The number of carbonyl (C=O) groups excluding carboxylic acids is 2. The number of rotatable bonds is 3. The van der Waals surface area contributed by atoms with Gasteiger partial charge in [-0.1, -0.05) is 12.1 Å². The molecule has 2 aromatic rings. The number of hydrogen-bond donors (Lipinski definition) is 0. The van der Waals surface area contributed by atoms with Crippen molar-refractivity contribution < 1.29 is 19.1 Å². The second kappa shape index (κ2) is 6.53. The summed E-state index contributed by atoms with van der Waals surface area (Å²) in [6.45, 7) is 1.48. The average molecular weight is 368 g/mol. The lowest BCUT2D eigenvalue weighted by Gasteiger charge is -2.22. The second-order valence-electron chi connectivity index (χ2n) is 6.93. The average Bonchev–Trinajstić information content (AvgIpc) is 3.23. The molecule has 2 amide bonds. The molecule has 1 spiro atoms. The molecule has 1 aromatic carbocycles. The van der Waals surface area contributed by atoms with Crippen molar-refractivity contribution in [3.05, 3.63) is 42.0 Å². The predicted octanol–water partition coefficient (Wildman–Crippen LogP) is 1.82. The maximum Gasteiger partial charge on any atom is 0.410 e. The Hall–Kier alpha value is -3.16. The molecule has 4 rings (SSSR count). The van der Waals surface area contributed by atoms with Crippen LogP contribution in [0.1, 0.15) is 16.8 Å². The van der Waals surface area contributed by atoms with Crippen LogP contribution in [0.5, 0.6) is 5.88 Å². The van der Waals surface area contributed by atoms with Gasteiger partial charge in [0.25, 0.3) is 5.91 Å². The third kappa shape index (κ3) is 3.18. The summed E-state index contributed by atoms with van der Waals surface area (Å²) in [7, 11) is 3.24. The number of nitrogens with zero attached hydrogens (tertiary/aromatic N) is 4. The van der Waals surface area contributed by atoms with Crippen LogP contribution in [0.15, 0.2) is 36.4 Å². The fourth-order valence-corrected chi connectivity index (χ4v) is 3.60. The first-order chi connectivity index (χ1) is 13.0. The van der Waals surface area contributed by atoms with Crippen LogP contribution in [-0.4, -0.2) is 71.4 Å². The van der Waals surface area contributed by atoms with Gasteiger partial charge in [-0.25, -0.2) is 4.79 Å². The Labute approximate surface area is 156 Å². The summed E-state index contributed by atoms with van der Waals surface area (Å²) in [6, 6.07) is 10.8. The quantitative estimate of drug-likeness (QED) is 0.822. The summed E-state index contributed by atoms with van der Waals surface area (Å²) in [4.78, 5) is 28.0. The molecule has 1 aromatic heterocycles. The van der Waals surface area contributed by atoms with E-state index in [4.69, 9.17) is 9.47 Å². The van der Waals surface area contributed by atoms with Crippen LogP contribution in [-0.2, 0) is 4.74 Å². The summed E-state index contributed by atoms with van der Waals surface area (Å²) >= 11 is 0. The van der Waals surface area contributed by atoms with E-state index in [1.54, 1.807) is 41.1 Å². The van der Waals surface area contributed by atoms with Gasteiger partial charge >= 0.3 is 6.09 Å². The zero-order chi connectivity index (χ0) is 19.0. The first-order valence-electron chi connectivity index (χ1n) is 8.71. The molecule has 0 aliphatic carbocycles. The van der Waals surface area contributed by atoms with E-state index < -0.39 is 5.60 Å². The number of ether oxygens (including phenoxy) is 2. The molecule has 8 heteroatoms. The van der Waals surface area contributed by atoms with Gasteiger partial charge in [0.05, 0.1) is 25.9 Å². The smallest absolute Gasteiger partial charge is 0.410 e. The number of aromatic nitrogens is 2. The van der Waals surface area contributed by atoms with Gasteiger partial charge in [-0.05, 0) is 18.2 Å². The summed E-state index contributed by atoms with van der Waals surface area (Å²) in [5.74, 6) is 0.352. The molecule has 2 aliphatic heterocycles. The SMILES string of the molecule is COc1ccc(-c2cccc(C(=O)N3CCC4(CN(C)C(=O)O4)C3)c2)nn1. The maximum atomic E-state index is 12.9. The Balaban J connectivity index is 1.52. The molecule has 2 aliphatic rings. The van der Waals surface area contributed by atoms with Gasteiger partial charge in [-0.15, -0.1) is 10.2 Å². The lowest BCUT2D eigenvalue weighted by molar-refractivity contribution is 0.0553. The third-order valence-electron chi connectivity index (χ3n) is 5.00. The van der Waals surface area contributed by atoms with E-state index in [9.17, 15) is 9.59 Å². The van der Waals surface area contributed by atoms with Crippen LogP contribution in [0.2, 0.25) is 0 Å². The highest BCUT2D eigenvalue weighted by Gasteiger charge is 2.49. The van der Waals surface area contributed by atoms with Crippen LogP contribution in [0.3, 0.4) is 0 Å². The van der Waals surface area contributed by atoms with E-state index in [0.717, 1.165) is 5.56 Å². The normalized spacial score (nSPS) is 21.6. The number of carbonyl (C=O) groups is 2. The largest absolute Gasteiger partial charge is 0.480 e. The summed E-state index contributed by atoms with van der Waals surface area (Å²) < 4.78 is 10.5. The molecule has 0 bridgehead atoms. The van der Waals surface area contributed by atoms with E-state index in [1.807, 2.05) is 12.1 Å². The number of methoxy groups -OCH3 is 1. The molecule has 0 saturated carbocycles. The minimum Gasteiger partial charge on any atom is -0.480 e. The zero-order valence-corrected chi connectivity index (χ0v) is 15.2. The van der Waals surface area contributed by atoms with Crippen LogP contribution < -0.4 is 4.74 Å². The molecule has 8 nitrogen and oxygen atoms in total. The Bertz CT molecular complexity index is 886. The minimum atomic E-state index is -0.583. The fourth-order valence-electron chi connectivity index (χ4n) is 3.60. The monoisotopic (exact) mass is 368 g/mol. The Morgan fingerprint density at radius 3 is 2.74 bits per heavy atom. The third-order valence-corrected chi connectivity index (χ3v) is 5.00. The molecule has 140 valence electrons. The molecule has 1 unspecified atom stereocenters. The number of likely N-dealkylation sites (tertiary alicyclic amines) is 1. The molecular weight excluding hydrogens is 348 g/mol. The first kappa shape index (κ1) is 17.3. The molecule has 27 heavy (non-hydrogen) atoms. The minimum absolute atomic E-state index is 0.0826. The van der Waals surface area contributed by atoms with E-state index in [0.29, 0.717) is 43.2 Å². The molecular formula is C19H20N4O4. The number of amides is 2. The van der Waals surface area contributed by atoms with Gasteiger partial charge in [-0.3, -0.25) is 4.79 Å². The number of hydrogen-bond acceptors (Lipinski definition) is 6. The lowest BCUT2D eigenvalue weighted by Crippen LogP contribution is -2.39. The van der Waals surface area contributed by atoms with Gasteiger partial charge in [0.15, 0.2) is 5.60 Å².